The second-order valence-electron chi connectivity index (χ2n) is 3.48. The Hall–Kier alpha value is -1.24. The molecule has 1 atom stereocenters. The topological polar surface area (TPSA) is 53.3 Å². The first-order valence-electron chi connectivity index (χ1n) is 5.13. The minimum Gasteiger partial charge on any atom is -0.431 e. The van der Waals surface area contributed by atoms with Crippen molar-refractivity contribution in [2.24, 2.45) is 0 Å². The van der Waals surface area contributed by atoms with Crippen LogP contribution in [-0.4, -0.2) is 30.2 Å². The second-order valence-corrected chi connectivity index (χ2v) is 3.48. The molecule has 1 aliphatic rings. The third kappa shape index (κ3) is 2.91. The molecule has 0 aromatic rings. The molecule has 0 aliphatic carbocycles. The lowest BCUT2D eigenvalue weighted by molar-refractivity contribution is 0.0471. The summed E-state index contributed by atoms with van der Waals surface area (Å²) in [5.74, 6) is 0. The first-order valence-corrected chi connectivity index (χ1v) is 5.13. The van der Waals surface area contributed by atoms with Crippen molar-refractivity contribution in [3.63, 3.8) is 0 Å². The van der Waals surface area contributed by atoms with Crippen LogP contribution in [0, 0.1) is 11.3 Å². The fourth-order valence-electron chi connectivity index (χ4n) is 1.47. The van der Waals surface area contributed by atoms with E-state index in [1.807, 2.05) is 6.07 Å². The minimum absolute atomic E-state index is 0.334. The van der Waals surface area contributed by atoms with Crippen molar-refractivity contribution in [3.8, 4) is 6.07 Å². The Kier molecular flexibility index (Phi) is 4.24. The van der Waals surface area contributed by atoms with E-state index < -0.39 is 6.10 Å². The van der Waals surface area contributed by atoms with E-state index in [4.69, 9.17) is 10.00 Å². The number of unbranched alkanes of at least 4 members (excludes halogenated alkanes) is 2. The Balaban J connectivity index is 2.28. The molecular formula is C10H16N2O2. The monoisotopic (exact) mass is 196 g/mol. The molecule has 14 heavy (non-hydrogen) atoms. The van der Waals surface area contributed by atoms with Crippen molar-refractivity contribution in [1.82, 2.24) is 4.90 Å². The summed E-state index contributed by atoms with van der Waals surface area (Å²) >= 11 is 0. The number of rotatable bonds is 4. The van der Waals surface area contributed by atoms with Crippen LogP contribution in [0.1, 0.15) is 32.6 Å². The Morgan fingerprint density at radius 3 is 3.00 bits per heavy atom. The van der Waals surface area contributed by atoms with Gasteiger partial charge in [-0.05, 0) is 6.42 Å². The molecule has 78 valence electrons. The van der Waals surface area contributed by atoms with E-state index in [0.717, 1.165) is 25.8 Å². The Labute approximate surface area is 84.4 Å². The lowest BCUT2D eigenvalue weighted by Gasteiger charge is -2.28. The van der Waals surface area contributed by atoms with Crippen LogP contribution in [0.2, 0.25) is 0 Å². The van der Waals surface area contributed by atoms with Crippen molar-refractivity contribution >= 4 is 6.09 Å². The van der Waals surface area contributed by atoms with Crippen molar-refractivity contribution in [2.75, 3.05) is 13.1 Å². The smallest absolute Gasteiger partial charge is 0.411 e. The third-order valence-electron chi connectivity index (χ3n) is 2.34. The van der Waals surface area contributed by atoms with E-state index in [1.54, 1.807) is 4.90 Å². The maximum absolute atomic E-state index is 11.3. The standard InChI is InChI=1S/C10H16N2O2/c1-2-3-4-6-12-7-5-9(8-11)14-10(12)13/h9H,2-7H2,1H3. The normalized spacial score (nSPS) is 21.6. The molecule has 0 bridgehead atoms. The Morgan fingerprint density at radius 1 is 1.64 bits per heavy atom. The van der Waals surface area contributed by atoms with E-state index in [9.17, 15) is 4.79 Å². The van der Waals surface area contributed by atoms with Crippen LogP contribution in [0.4, 0.5) is 4.79 Å². The molecule has 0 N–H and O–H groups in total. The molecule has 1 saturated heterocycles. The summed E-state index contributed by atoms with van der Waals surface area (Å²) in [6.07, 6.45) is 3.05. The number of carbonyl (C=O) groups excluding carboxylic acids is 1. The summed E-state index contributed by atoms with van der Waals surface area (Å²) in [6.45, 7) is 3.53. The SMILES string of the molecule is CCCCCN1CCC(C#N)OC1=O. The molecule has 1 heterocycles. The zero-order chi connectivity index (χ0) is 10.4. The summed E-state index contributed by atoms with van der Waals surface area (Å²) in [5, 5.41) is 8.56. The second kappa shape index (κ2) is 5.48. The number of ether oxygens (including phenoxy) is 1. The Bertz CT molecular complexity index is 235. The molecule has 1 aliphatic heterocycles. The van der Waals surface area contributed by atoms with Crippen LogP contribution >= 0.6 is 0 Å². The number of hydrogen-bond acceptors (Lipinski definition) is 3. The van der Waals surface area contributed by atoms with Gasteiger partial charge in [0.2, 0.25) is 0 Å². The van der Waals surface area contributed by atoms with E-state index in [1.165, 1.54) is 0 Å². The van der Waals surface area contributed by atoms with Gasteiger partial charge in [0, 0.05) is 19.5 Å². The number of amides is 1. The van der Waals surface area contributed by atoms with Crippen LogP contribution in [0.5, 0.6) is 0 Å². The molecular weight excluding hydrogens is 180 g/mol. The molecule has 1 amide bonds. The highest BCUT2D eigenvalue weighted by Gasteiger charge is 2.25. The van der Waals surface area contributed by atoms with Gasteiger partial charge in [-0.25, -0.2) is 4.79 Å². The van der Waals surface area contributed by atoms with E-state index in [2.05, 4.69) is 6.92 Å². The van der Waals surface area contributed by atoms with Crippen LogP contribution < -0.4 is 0 Å². The van der Waals surface area contributed by atoms with Gasteiger partial charge >= 0.3 is 6.09 Å². The van der Waals surface area contributed by atoms with Crippen molar-refractivity contribution in [2.45, 2.75) is 38.7 Å². The van der Waals surface area contributed by atoms with E-state index in [-0.39, 0.29) is 6.09 Å². The fraction of sp³-hybridized carbons (Fsp3) is 0.800. The first kappa shape index (κ1) is 10.8. The minimum atomic E-state index is -0.537. The highest BCUT2D eigenvalue weighted by molar-refractivity contribution is 5.68. The summed E-state index contributed by atoms with van der Waals surface area (Å²) in [7, 11) is 0. The lowest BCUT2D eigenvalue weighted by atomic mass is 10.2. The quantitative estimate of drug-likeness (QED) is 0.645. The maximum Gasteiger partial charge on any atom is 0.411 e. The predicted molar refractivity (Wildman–Crippen MR) is 51.6 cm³/mol. The van der Waals surface area contributed by atoms with Gasteiger partial charge in [-0.1, -0.05) is 19.8 Å². The van der Waals surface area contributed by atoms with Crippen molar-refractivity contribution in [1.29, 1.82) is 5.26 Å². The van der Waals surface area contributed by atoms with Gasteiger partial charge < -0.3 is 9.64 Å². The zero-order valence-corrected chi connectivity index (χ0v) is 8.53. The lowest BCUT2D eigenvalue weighted by Crippen LogP contribution is -2.41. The molecule has 0 saturated carbocycles. The molecule has 0 radical (unpaired) electrons. The fourth-order valence-corrected chi connectivity index (χ4v) is 1.47. The highest BCUT2D eigenvalue weighted by Crippen LogP contribution is 2.12. The summed E-state index contributed by atoms with van der Waals surface area (Å²) in [6, 6.07) is 1.95. The maximum atomic E-state index is 11.3. The van der Waals surface area contributed by atoms with E-state index in [0.29, 0.717) is 13.0 Å². The molecule has 0 aromatic heterocycles. The van der Waals surface area contributed by atoms with E-state index >= 15 is 0 Å². The van der Waals surface area contributed by atoms with Crippen LogP contribution in [0.15, 0.2) is 0 Å². The molecule has 1 fully saturated rings. The van der Waals surface area contributed by atoms with Crippen molar-refractivity contribution in [3.05, 3.63) is 0 Å². The van der Waals surface area contributed by atoms with Gasteiger partial charge in [-0.3, -0.25) is 0 Å². The first-order chi connectivity index (χ1) is 6.77. The number of nitrogens with zero attached hydrogens (tertiary/aromatic N) is 2. The molecule has 0 spiro atoms. The zero-order valence-electron chi connectivity index (χ0n) is 8.53. The average molecular weight is 196 g/mol. The van der Waals surface area contributed by atoms with Crippen molar-refractivity contribution < 1.29 is 9.53 Å². The summed E-state index contributed by atoms with van der Waals surface area (Å²) in [5.41, 5.74) is 0. The van der Waals surface area contributed by atoms with Crippen LogP contribution in [0.25, 0.3) is 0 Å². The molecule has 4 nitrogen and oxygen atoms in total. The largest absolute Gasteiger partial charge is 0.431 e. The number of cyclic esters (lactones) is 1. The van der Waals surface area contributed by atoms with Gasteiger partial charge in [-0.15, -0.1) is 0 Å². The van der Waals surface area contributed by atoms with Gasteiger partial charge in [0.25, 0.3) is 0 Å². The molecule has 1 unspecified atom stereocenters. The molecule has 4 heteroatoms. The van der Waals surface area contributed by atoms with Gasteiger partial charge in [0.15, 0.2) is 6.10 Å². The third-order valence-corrected chi connectivity index (χ3v) is 2.34. The summed E-state index contributed by atoms with van der Waals surface area (Å²) in [4.78, 5) is 13.0. The summed E-state index contributed by atoms with van der Waals surface area (Å²) < 4.78 is 4.90. The number of hydrogen-bond donors (Lipinski definition) is 0. The van der Waals surface area contributed by atoms with Crippen LogP contribution in [-0.2, 0) is 4.74 Å². The van der Waals surface area contributed by atoms with Gasteiger partial charge in [0.1, 0.15) is 6.07 Å². The van der Waals surface area contributed by atoms with Gasteiger partial charge in [-0.2, -0.15) is 5.26 Å². The molecule has 1 rings (SSSR count). The van der Waals surface area contributed by atoms with Crippen LogP contribution in [0.3, 0.4) is 0 Å². The average Bonchev–Trinajstić information content (AvgIpc) is 2.20. The predicted octanol–water partition coefficient (Wildman–Crippen LogP) is 1.91. The highest BCUT2D eigenvalue weighted by atomic mass is 16.6. The molecule has 0 aromatic carbocycles. The number of carbonyl (C=O) groups is 1. The van der Waals surface area contributed by atoms with Gasteiger partial charge in [0.05, 0.1) is 0 Å². The number of nitriles is 1. The Morgan fingerprint density at radius 2 is 2.43 bits per heavy atom.